The smallest absolute Gasteiger partial charge is 0.0371 e. The van der Waals surface area contributed by atoms with Crippen molar-refractivity contribution in [3.63, 3.8) is 0 Å². The molecule has 0 spiro atoms. The maximum absolute atomic E-state index is 3.97. The summed E-state index contributed by atoms with van der Waals surface area (Å²) in [5, 5.41) is 6.82. The monoisotopic (exact) mass is 207 g/mol. The van der Waals surface area contributed by atoms with Crippen LogP contribution in [0.4, 0.5) is 5.69 Å². The molecular formula is C12H21N3. The summed E-state index contributed by atoms with van der Waals surface area (Å²) < 4.78 is 0. The topological polar surface area (TPSA) is 37.0 Å². The summed E-state index contributed by atoms with van der Waals surface area (Å²) in [5.74, 6) is 0. The van der Waals surface area contributed by atoms with E-state index in [1.54, 1.807) is 12.4 Å². The Morgan fingerprint density at radius 2 is 2.00 bits per heavy atom. The molecule has 0 aliphatic carbocycles. The largest absolute Gasteiger partial charge is 0.385 e. The van der Waals surface area contributed by atoms with E-state index in [4.69, 9.17) is 0 Å². The van der Waals surface area contributed by atoms with Crippen LogP contribution in [-0.2, 0) is 0 Å². The highest BCUT2D eigenvalue weighted by molar-refractivity contribution is 5.40. The molecule has 1 rings (SSSR count). The first-order valence-corrected chi connectivity index (χ1v) is 5.70. The van der Waals surface area contributed by atoms with Gasteiger partial charge in [0.05, 0.1) is 0 Å². The van der Waals surface area contributed by atoms with Crippen molar-refractivity contribution >= 4 is 5.69 Å². The molecule has 0 aliphatic rings. The number of rotatable bonds is 7. The van der Waals surface area contributed by atoms with E-state index in [9.17, 15) is 0 Å². The first-order chi connectivity index (χ1) is 7.33. The van der Waals surface area contributed by atoms with Crippen molar-refractivity contribution in [3.05, 3.63) is 24.5 Å². The van der Waals surface area contributed by atoms with Crippen LogP contribution in [0.25, 0.3) is 0 Å². The molecule has 84 valence electrons. The van der Waals surface area contributed by atoms with Crippen molar-refractivity contribution in [1.29, 1.82) is 0 Å². The van der Waals surface area contributed by atoms with E-state index >= 15 is 0 Å². The van der Waals surface area contributed by atoms with Gasteiger partial charge in [0, 0.05) is 30.7 Å². The Hall–Kier alpha value is -1.09. The second-order valence-corrected chi connectivity index (χ2v) is 3.78. The van der Waals surface area contributed by atoms with Gasteiger partial charge in [-0.25, -0.2) is 0 Å². The Bertz CT molecular complexity index is 248. The van der Waals surface area contributed by atoms with Gasteiger partial charge in [0.1, 0.15) is 0 Å². The lowest BCUT2D eigenvalue weighted by molar-refractivity contribution is 0.529. The van der Waals surface area contributed by atoms with Crippen molar-refractivity contribution in [2.24, 2.45) is 0 Å². The predicted molar refractivity (Wildman–Crippen MR) is 65.1 cm³/mol. The maximum atomic E-state index is 3.97. The molecule has 0 fully saturated rings. The van der Waals surface area contributed by atoms with Crippen molar-refractivity contribution in [2.45, 2.75) is 32.7 Å². The molecule has 15 heavy (non-hydrogen) atoms. The molecule has 0 radical (unpaired) electrons. The van der Waals surface area contributed by atoms with Crippen LogP contribution in [0.5, 0.6) is 0 Å². The standard InChI is InChI=1S/C12H21N3/c1-3-11(2)14-7-4-8-15-12-5-9-13-10-6-12/h5-6,9-11,14H,3-4,7-8H2,1-2H3,(H,13,15). The van der Waals surface area contributed by atoms with E-state index in [1.807, 2.05) is 12.1 Å². The van der Waals surface area contributed by atoms with Gasteiger partial charge in [-0.2, -0.15) is 0 Å². The van der Waals surface area contributed by atoms with Crippen molar-refractivity contribution in [3.8, 4) is 0 Å². The van der Waals surface area contributed by atoms with Gasteiger partial charge < -0.3 is 10.6 Å². The predicted octanol–water partition coefficient (Wildman–Crippen LogP) is 2.27. The zero-order chi connectivity index (χ0) is 10.9. The average molecular weight is 207 g/mol. The Kier molecular flexibility index (Phi) is 5.78. The lowest BCUT2D eigenvalue weighted by atomic mass is 10.2. The van der Waals surface area contributed by atoms with Gasteiger partial charge in [-0.15, -0.1) is 0 Å². The third-order valence-electron chi connectivity index (χ3n) is 2.47. The molecule has 2 N–H and O–H groups in total. The van der Waals surface area contributed by atoms with Crippen LogP contribution in [0.15, 0.2) is 24.5 Å². The second kappa shape index (κ2) is 7.23. The summed E-state index contributed by atoms with van der Waals surface area (Å²) in [4.78, 5) is 3.97. The summed E-state index contributed by atoms with van der Waals surface area (Å²) >= 11 is 0. The molecule has 1 aromatic heterocycles. The Morgan fingerprint density at radius 3 is 2.67 bits per heavy atom. The molecule has 3 nitrogen and oxygen atoms in total. The maximum Gasteiger partial charge on any atom is 0.0371 e. The van der Waals surface area contributed by atoms with Crippen LogP contribution in [0.3, 0.4) is 0 Å². The van der Waals surface area contributed by atoms with Gasteiger partial charge in [-0.3, -0.25) is 4.98 Å². The fraction of sp³-hybridized carbons (Fsp3) is 0.583. The van der Waals surface area contributed by atoms with E-state index < -0.39 is 0 Å². The number of hydrogen-bond donors (Lipinski definition) is 2. The van der Waals surface area contributed by atoms with Gasteiger partial charge in [0.2, 0.25) is 0 Å². The third kappa shape index (κ3) is 5.37. The summed E-state index contributed by atoms with van der Waals surface area (Å²) in [6.45, 7) is 6.50. The third-order valence-corrected chi connectivity index (χ3v) is 2.47. The van der Waals surface area contributed by atoms with Crippen LogP contribution in [0.1, 0.15) is 26.7 Å². The molecule has 0 saturated carbocycles. The van der Waals surface area contributed by atoms with Gasteiger partial charge in [-0.1, -0.05) is 6.92 Å². The summed E-state index contributed by atoms with van der Waals surface area (Å²) in [7, 11) is 0. The molecule has 0 aromatic carbocycles. The first-order valence-electron chi connectivity index (χ1n) is 5.70. The lowest BCUT2D eigenvalue weighted by Crippen LogP contribution is -2.27. The van der Waals surface area contributed by atoms with Crippen LogP contribution >= 0.6 is 0 Å². The van der Waals surface area contributed by atoms with E-state index in [0.717, 1.165) is 25.2 Å². The molecule has 0 amide bonds. The van der Waals surface area contributed by atoms with Crippen LogP contribution in [-0.4, -0.2) is 24.1 Å². The summed E-state index contributed by atoms with van der Waals surface area (Å²) in [5.41, 5.74) is 1.15. The molecule has 3 heteroatoms. The minimum atomic E-state index is 0.630. The first kappa shape index (κ1) is 12.0. The van der Waals surface area contributed by atoms with Gasteiger partial charge >= 0.3 is 0 Å². The number of nitrogens with zero attached hydrogens (tertiary/aromatic N) is 1. The molecular weight excluding hydrogens is 186 g/mol. The van der Waals surface area contributed by atoms with Gasteiger partial charge in [0.25, 0.3) is 0 Å². The van der Waals surface area contributed by atoms with Crippen molar-refractivity contribution in [2.75, 3.05) is 18.4 Å². The Labute approximate surface area is 92.3 Å². The minimum Gasteiger partial charge on any atom is -0.385 e. The molecule has 1 aromatic rings. The molecule has 1 atom stereocenters. The molecule has 0 saturated heterocycles. The highest BCUT2D eigenvalue weighted by Crippen LogP contribution is 2.02. The van der Waals surface area contributed by atoms with Gasteiger partial charge in [0.15, 0.2) is 0 Å². The molecule has 1 heterocycles. The molecule has 1 unspecified atom stereocenters. The SMILES string of the molecule is CCC(C)NCCCNc1ccncc1. The average Bonchev–Trinajstić information content (AvgIpc) is 2.29. The zero-order valence-electron chi connectivity index (χ0n) is 9.66. The number of anilines is 1. The second-order valence-electron chi connectivity index (χ2n) is 3.78. The summed E-state index contributed by atoms with van der Waals surface area (Å²) in [6.07, 6.45) is 5.95. The number of hydrogen-bond acceptors (Lipinski definition) is 3. The van der Waals surface area contributed by atoms with E-state index in [0.29, 0.717) is 6.04 Å². The number of aromatic nitrogens is 1. The van der Waals surface area contributed by atoms with E-state index in [-0.39, 0.29) is 0 Å². The normalized spacial score (nSPS) is 12.4. The quantitative estimate of drug-likeness (QED) is 0.673. The van der Waals surface area contributed by atoms with Crippen LogP contribution < -0.4 is 10.6 Å². The van der Waals surface area contributed by atoms with Crippen LogP contribution in [0.2, 0.25) is 0 Å². The fourth-order valence-corrected chi connectivity index (χ4v) is 1.28. The minimum absolute atomic E-state index is 0.630. The number of pyridine rings is 1. The fourth-order valence-electron chi connectivity index (χ4n) is 1.28. The lowest BCUT2D eigenvalue weighted by Gasteiger charge is -2.11. The van der Waals surface area contributed by atoms with Gasteiger partial charge in [-0.05, 0) is 38.4 Å². The molecule has 0 aliphatic heterocycles. The highest BCUT2D eigenvalue weighted by Gasteiger charge is 1.95. The zero-order valence-corrected chi connectivity index (χ0v) is 9.66. The van der Waals surface area contributed by atoms with E-state index in [2.05, 4.69) is 29.5 Å². The van der Waals surface area contributed by atoms with E-state index in [1.165, 1.54) is 6.42 Å². The summed E-state index contributed by atoms with van der Waals surface area (Å²) in [6, 6.07) is 4.61. The van der Waals surface area contributed by atoms with Crippen molar-refractivity contribution in [1.82, 2.24) is 10.3 Å². The Balaban J connectivity index is 2.03. The molecule has 0 bridgehead atoms. The van der Waals surface area contributed by atoms with Crippen molar-refractivity contribution < 1.29 is 0 Å². The highest BCUT2D eigenvalue weighted by atomic mass is 14.9. The Morgan fingerprint density at radius 1 is 1.27 bits per heavy atom. The number of nitrogens with one attached hydrogen (secondary N) is 2. The van der Waals surface area contributed by atoms with Crippen LogP contribution in [0, 0.1) is 0 Å².